The topological polar surface area (TPSA) is 66.1 Å². The summed E-state index contributed by atoms with van der Waals surface area (Å²) in [5, 5.41) is 3.28. The highest BCUT2D eigenvalue weighted by molar-refractivity contribution is 14.0. The molecule has 6 nitrogen and oxygen atoms in total. The third-order valence-electron chi connectivity index (χ3n) is 5.54. The van der Waals surface area contributed by atoms with Crippen molar-refractivity contribution in [2.45, 2.75) is 32.2 Å². The van der Waals surface area contributed by atoms with Crippen LogP contribution in [0.5, 0.6) is 0 Å². The van der Waals surface area contributed by atoms with Crippen molar-refractivity contribution in [1.29, 1.82) is 0 Å². The van der Waals surface area contributed by atoms with Gasteiger partial charge in [0.2, 0.25) is 0 Å². The first kappa shape index (κ1) is 23.4. The highest BCUT2D eigenvalue weighted by Gasteiger charge is 2.23. The molecule has 0 radical (unpaired) electrons. The summed E-state index contributed by atoms with van der Waals surface area (Å²) in [7, 11) is 0. The number of ether oxygens (including phenoxy) is 1. The smallest absolute Gasteiger partial charge is 0.188 e. The lowest BCUT2D eigenvalue weighted by molar-refractivity contribution is 0.0376. The van der Waals surface area contributed by atoms with Gasteiger partial charge in [0.25, 0.3) is 0 Å². The monoisotopic (exact) mass is 501 g/mol. The Kier molecular flexibility index (Phi) is 10.5. The minimum absolute atomic E-state index is 0. The molecule has 0 amide bonds. The molecule has 0 aromatic heterocycles. The van der Waals surface area contributed by atoms with Gasteiger partial charge in [0.1, 0.15) is 0 Å². The van der Waals surface area contributed by atoms with E-state index in [9.17, 15) is 0 Å². The quantitative estimate of drug-likeness (QED) is 0.248. The molecule has 2 heterocycles. The number of rotatable bonds is 8. The Morgan fingerprint density at radius 1 is 1.14 bits per heavy atom. The maximum atomic E-state index is 6.13. The molecular formula is C21H36IN5O. The van der Waals surface area contributed by atoms with Gasteiger partial charge in [-0.05, 0) is 51.4 Å². The molecule has 0 spiro atoms. The number of nitrogens with zero attached hydrogens (tertiary/aromatic N) is 3. The molecule has 7 heteroatoms. The molecule has 0 bridgehead atoms. The number of aliphatic imine (C=N–C) groups is 1. The molecule has 1 atom stereocenters. The first-order valence-electron chi connectivity index (χ1n) is 10.4. The van der Waals surface area contributed by atoms with E-state index in [1.54, 1.807) is 0 Å². The molecule has 2 saturated heterocycles. The van der Waals surface area contributed by atoms with Crippen LogP contribution in [0.15, 0.2) is 29.3 Å². The number of halogens is 1. The van der Waals surface area contributed by atoms with E-state index in [0.717, 1.165) is 58.9 Å². The van der Waals surface area contributed by atoms with Crippen LogP contribution in [-0.2, 0) is 4.74 Å². The number of hydrogen-bond donors (Lipinski definition) is 2. The summed E-state index contributed by atoms with van der Waals surface area (Å²) in [5.74, 6) is 0.563. The predicted octanol–water partition coefficient (Wildman–Crippen LogP) is 2.38. The van der Waals surface area contributed by atoms with Crippen LogP contribution >= 0.6 is 24.0 Å². The van der Waals surface area contributed by atoms with Gasteiger partial charge in [0, 0.05) is 19.6 Å². The normalized spacial score (nSPS) is 20.0. The van der Waals surface area contributed by atoms with E-state index in [0.29, 0.717) is 18.5 Å². The maximum absolute atomic E-state index is 6.13. The van der Waals surface area contributed by atoms with Crippen LogP contribution in [-0.4, -0.2) is 74.8 Å². The molecule has 0 aliphatic carbocycles. The molecule has 3 rings (SSSR count). The van der Waals surface area contributed by atoms with Gasteiger partial charge in [-0.25, -0.2) is 0 Å². The fraction of sp³-hybridized carbons (Fsp3) is 0.667. The zero-order valence-electron chi connectivity index (χ0n) is 17.1. The van der Waals surface area contributed by atoms with Gasteiger partial charge < -0.3 is 15.8 Å². The van der Waals surface area contributed by atoms with E-state index < -0.39 is 0 Å². The Balaban J connectivity index is 0.00000280. The summed E-state index contributed by atoms with van der Waals surface area (Å²) in [6.07, 6.45) is 3.63. The zero-order valence-corrected chi connectivity index (χ0v) is 19.4. The highest BCUT2D eigenvalue weighted by Crippen LogP contribution is 2.25. The highest BCUT2D eigenvalue weighted by atomic mass is 127. The van der Waals surface area contributed by atoms with Crippen LogP contribution in [0.2, 0.25) is 0 Å². The van der Waals surface area contributed by atoms with Gasteiger partial charge in [-0.1, -0.05) is 29.8 Å². The molecule has 158 valence electrons. The Labute approximate surface area is 186 Å². The summed E-state index contributed by atoms with van der Waals surface area (Å²) in [4.78, 5) is 9.65. The number of hydrogen-bond acceptors (Lipinski definition) is 4. The van der Waals surface area contributed by atoms with Crippen molar-refractivity contribution in [2.75, 3.05) is 59.0 Å². The second kappa shape index (κ2) is 12.6. The van der Waals surface area contributed by atoms with Crippen molar-refractivity contribution in [2.24, 2.45) is 10.7 Å². The van der Waals surface area contributed by atoms with Gasteiger partial charge in [-0.15, -0.1) is 24.0 Å². The van der Waals surface area contributed by atoms with Gasteiger partial charge in [-0.3, -0.25) is 14.8 Å². The van der Waals surface area contributed by atoms with Crippen molar-refractivity contribution in [3.63, 3.8) is 0 Å². The van der Waals surface area contributed by atoms with Gasteiger partial charge >= 0.3 is 0 Å². The molecule has 1 aromatic rings. The molecule has 1 aromatic carbocycles. The minimum Gasteiger partial charge on any atom is -0.379 e. The number of morpholine rings is 1. The van der Waals surface area contributed by atoms with E-state index in [1.165, 1.54) is 24.0 Å². The fourth-order valence-corrected chi connectivity index (χ4v) is 3.86. The number of nitrogens with two attached hydrogens (primary N) is 1. The Morgan fingerprint density at radius 2 is 1.82 bits per heavy atom. The van der Waals surface area contributed by atoms with E-state index in [1.807, 2.05) is 0 Å². The number of aryl methyl sites for hydroxylation is 1. The van der Waals surface area contributed by atoms with Crippen LogP contribution in [0.25, 0.3) is 0 Å². The minimum atomic E-state index is 0. The van der Waals surface area contributed by atoms with Crippen LogP contribution in [0.4, 0.5) is 0 Å². The lowest BCUT2D eigenvalue weighted by Gasteiger charge is -2.27. The largest absolute Gasteiger partial charge is 0.379 e. The number of benzene rings is 1. The summed E-state index contributed by atoms with van der Waals surface area (Å²) >= 11 is 0. The lowest BCUT2D eigenvalue weighted by atomic mass is 10.0. The first-order chi connectivity index (χ1) is 13.2. The Hall–Kier alpha value is -0.900. The first-order valence-corrected chi connectivity index (χ1v) is 10.4. The SMILES string of the molecule is Cc1ccc(C(CN=C(N)NCCCN2CCOCC2)N2CCCC2)cc1.I. The fourth-order valence-electron chi connectivity index (χ4n) is 3.86. The average Bonchev–Trinajstić information content (AvgIpc) is 3.22. The third-order valence-corrected chi connectivity index (χ3v) is 5.54. The molecule has 28 heavy (non-hydrogen) atoms. The number of likely N-dealkylation sites (tertiary alicyclic amines) is 1. The van der Waals surface area contributed by atoms with Crippen molar-refractivity contribution in [1.82, 2.24) is 15.1 Å². The predicted molar refractivity (Wildman–Crippen MR) is 127 cm³/mol. The summed E-state index contributed by atoms with van der Waals surface area (Å²) in [5.41, 5.74) is 8.76. The molecule has 1 unspecified atom stereocenters. The molecule has 2 fully saturated rings. The number of guanidine groups is 1. The van der Waals surface area contributed by atoms with Crippen LogP contribution < -0.4 is 11.1 Å². The van der Waals surface area contributed by atoms with Crippen molar-refractivity contribution >= 4 is 29.9 Å². The number of nitrogens with one attached hydrogen (secondary N) is 1. The molecule has 2 aliphatic heterocycles. The van der Waals surface area contributed by atoms with Crippen LogP contribution in [0.1, 0.15) is 36.4 Å². The summed E-state index contributed by atoms with van der Waals surface area (Å²) in [6.45, 7) is 10.9. The molecule has 3 N–H and O–H groups in total. The van der Waals surface area contributed by atoms with Crippen molar-refractivity contribution in [3.8, 4) is 0 Å². The van der Waals surface area contributed by atoms with Crippen LogP contribution in [0.3, 0.4) is 0 Å². The Morgan fingerprint density at radius 3 is 2.50 bits per heavy atom. The van der Waals surface area contributed by atoms with Gasteiger partial charge in [-0.2, -0.15) is 0 Å². The van der Waals surface area contributed by atoms with Crippen molar-refractivity contribution in [3.05, 3.63) is 35.4 Å². The van der Waals surface area contributed by atoms with E-state index in [-0.39, 0.29) is 24.0 Å². The maximum Gasteiger partial charge on any atom is 0.188 e. The van der Waals surface area contributed by atoms with Crippen molar-refractivity contribution < 1.29 is 4.74 Å². The second-order valence-corrected chi connectivity index (χ2v) is 7.63. The average molecular weight is 501 g/mol. The van der Waals surface area contributed by atoms with Gasteiger partial charge in [0.05, 0.1) is 25.8 Å². The van der Waals surface area contributed by atoms with Crippen LogP contribution in [0, 0.1) is 6.92 Å². The van der Waals surface area contributed by atoms with E-state index in [2.05, 4.69) is 51.3 Å². The Bertz CT molecular complexity index is 583. The van der Waals surface area contributed by atoms with E-state index in [4.69, 9.17) is 10.5 Å². The summed E-state index contributed by atoms with van der Waals surface area (Å²) in [6, 6.07) is 9.17. The second-order valence-electron chi connectivity index (χ2n) is 7.63. The molecule has 0 saturated carbocycles. The zero-order chi connectivity index (χ0) is 18.9. The van der Waals surface area contributed by atoms with Gasteiger partial charge in [0.15, 0.2) is 5.96 Å². The molecule has 2 aliphatic rings. The standard InChI is InChI=1S/C21H35N5O.HI/c1-18-5-7-19(8-6-18)20(26-11-2-3-12-26)17-24-21(22)23-9-4-10-25-13-15-27-16-14-25;/h5-8,20H,2-4,9-17H2,1H3,(H3,22,23,24);1H. The van der Waals surface area contributed by atoms with E-state index >= 15 is 0 Å². The lowest BCUT2D eigenvalue weighted by Crippen LogP contribution is -2.39. The third kappa shape index (κ3) is 7.50. The molecular weight excluding hydrogens is 465 g/mol. The summed E-state index contributed by atoms with van der Waals surface area (Å²) < 4.78 is 5.38.